The first-order valence-electron chi connectivity index (χ1n) is 6.87. The lowest BCUT2D eigenvalue weighted by Crippen LogP contribution is -2.03. The van der Waals surface area contributed by atoms with Gasteiger partial charge in [-0.3, -0.25) is 4.79 Å². The maximum Gasteiger partial charge on any atom is 0.256 e. The predicted molar refractivity (Wildman–Crippen MR) is 83.5 cm³/mol. The Balaban J connectivity index is 1.98. The van der Waals surface area contributed by atoms with E-state index in [4.69, 9.17) is 0 Å². The Morgan fingerprint density at radius 2 is 1.70 bits per heavy atom. The second kappa shape index (κ2) is 4.97. The highest BCUT2D eigenvalue weighted by atomic mass is 16.2. The fraction of sp³-hybridized carbons (Fsp3) is 0.167. The van der Waals surface area contributed by atoms with Gasteiger partial charge in [0.15, 0.2) is 0 Å². The lowest BCUT2D eigenvalue weighted by Gasteiger charge is -2.05. The van der Waals surface area contributed by atoms with E-state index in [2.05, 4.69) is 43.4 Å². The van der Waals surface area contributed by atoms with Crippen LogP contribution in [-0.2, 0) is 4.79 Å². The Labute approximate surface area is 119 Å². The molecular weight excluding hydrogens is 246 g/mol. The second-order valence-electron chi connectivity index (χ2n) is 5.38. The summed E-state index contributed by atoms with van der Waals surface area (Å²) in [6.07, 6.45) is 1.95. The van der Waals surface area contributed by atoms with Gasteiger partial charge in [-0.25, -0.2) is 0 Å². The van der Waals surface area contributed by atoms with Gasteiger partial charge in [-0.05, 0) is 29.2 Å². The van der Waals surface area contributed by atoms with Crippen molar-refractivity contribution in [1.82, 2.24) is 0 Å². The quantitative estimate of drug-likeness (QED) is 0.804. The third kappa shape index (κ3) is 2.25. The van der Waals surface area contributed by atoms with Crippen molar-refractivity contribution >= 4 is 23.2 Å². The number of amides is 1. The number of carbonyl (C=O) groups excluding carboxylic acids is 1. The molecule has 1 heterocycles. The van der Waals surface area contributed by atoms with Crippen molar-refractivity contribution in [2.24, 2.45) is 0 Å². The van der Waals surface area contributed by atoms with Crippen LogP contribution in [0.2, 0.25) is 0 Å². The Morgan fingerprint density at radius 3 is 2.40 bits per heavy atom. The van der Waals surface area contributed by atoms with Crippen LogP contribution in [0.15, 0.2) is 48.5 Å². The minimum atomic E-state index is -0.0286. The number of fused-ring (bicyclic) bond motifs is 1. The Morgan fingerprint density at radius 1 is 1.00 bits per heavy atom. The van der Waals surface area contributed by atoms with E-state index in [-0.39, 0.29) is 5.91 Å². The first-order chi connectivity index (χ1) is 9.65. The lowest BCUT2D eigenvalue weighted by atomic mass is 9.99. The van der Waals surface area contributed by atoms with Crippen LogP contribution in [0.4, 0.5) is 5.69 Å². The van der Waals surface area contributed by atoms with Crippen LogP contribution in [0.25, 0.3) is 11.6 Å². The summed E-state index contributed by atoms with van der Waals surface area (Å²) in [5.41, 5.74) is 4.96. The average Bonchev–Trinajstić information content (AvgIpc) is 2.76. The summed E-state index contributed by atoms with van der Waals surface area (Å²) in [4.78, 5) is 12.0. The first-order valence-corrected chi connectivity index (χ1v) is 6.87. The third-order valence-electron chi connectivity index (χ3n) is 3.62. The summed E-state index contributed by atoms with van der Waals surface area (Å²) >= 11 is 0. The number of hydrogen-bond acceptors (Lipinski definition) is 1. The Kier molecular flexibility index (Phi) is 3.15. The molecule has 0 fully saturated rings. The molecule has 0 atom stereocenters. The number of hydrogen-bond donors (Lipinski definition) is 1. The van der Waals surface area contributed by atoms with Crippen LogP contribution in [0.3, 0.4) is 0 Å². The highest BCUT2D eigenvalue weighted by Crippen LogP contribution is 2.32. The molecule has 0 saturated carbocycles. The molecule has 0 aliphatic carbocycles. The second-order valence-corrected chi connectivity index (χ2v) is 5.38. The van der Waals surface area contributed by atoms with Crippen molar-refractivity contribution in [2.75, 3.05) is 5.32 Å². The maximum atomic E-state index is 12.0. The van der Waals surface area contributed by atoms with Crippen LogP contribution in [-0.4, -0.2) is 5.91 Å². The van der Waals surface area contributed by atoms with Crippen molar-refractivity contribution in [3.63, 3.8) is 0 Å². The standard InChI is InChI=1S/C18H17NO/c1-12(2)14-9-7-13(8-10-14)11-16-15-5-3-4-6-17(15)19-18(16)20/h3-12H,1-2H3,(H,19,20)/b16-11-. The van der Waals surface area contributed by atoms with E-state index < -0.39 is 0 Å². The molecule has 0 spiro atoms. The Hall–Kier alpha value is -2.35. The minimum Gasteiger partial charge on any atom is -0.321 e. The molecule has 100 valence electrons. The van der Waals surface area contributed by atoms with Gasteiger partial charge in [-0.15, -0.1) is 0 Å². The zero-order valence-electron chi connectivity index (χ0n) is 11.7. The van der Waals surface area contributed by atoms with E-state index in [0.717, 1.165) is 22.4 Å². The van der Waals surface area contributed by atoms with Crippen LogP contribution in [0.1, 0.15) is 36.5 Å². The molecular formula is C18H17NO. The minimum absolute atomic E-state index is 0.0286. The van der Waals surface area contributed by atoms with Crippen molar-refractivity contribution in [3.8, 4) is 0 Å². The SMILES string of the molecule is CC(C)c1ccc(/C=C2\C(=O)Nc3ccccc32)cc1. The summed E-state index contributed by atoms with van der Waals surface area (Å²) in [7, 11) is 0. The molecule has 1 amide bonds. The highest BCUT2D eigenvalue weighted by Gasteiger charge is 2.23. The van der Waals surface area contributed by atoms with Gasteiger partial charge in [0.25, 0.3) is 5.91 Å². The molecule has 1 aliphatic heterocycles. The van der Waals surface area contributed by atoms with Gasteiger partial charge in [0.05, 0.1) is 0 Å². The molecule has 2 aromatic carbocycles. The van der Waals surface area contributed by atoms with Crippen molar-refractivity contribution < 1.29 is 4.79 Å². The Bertz CT molecular complexity index is 681. The highest BCUT2D eigenvalue weighted by molar-refractivity contribution is 6.34. The third-order valence-corrected chi connectivity index (χ3v) is 3.62. The first kappa shape index (κ1) is 12.7. The van der Waals surface area contributed by atoms with Gasteiger partial charge >= 0.3 is 0 Å². The van der Waals surface area contributed by atoms with E-state index in [0.29, 0.717) is 5.92 Å². The van der Waals surface area contributed by atoms with Gasteiger partial charge in [0, 0.05) is 16.8 Å². The average molecular weight is 263 g/mol. The molecule has 0 radical (unpaired) electrons. The van der Waals surface area contributed by atoms with Crippen LogP contribution < -0.4 is 5.32 Å². The van der Waals surface area contributed by atoms with E-state index in [1.54, 1.807) is 0 Å². The molecule has 0 saturated heterocycles. The molecule has 0 aromatic heterocycles. The molecule has 1 aliphatic rings. The molecule has 0 unspecified atom stereocenters. The topological polar surface area (TPSA) is 29.1 Å². The fourth-order valence-electron chi connectivity index (χ4n) is 2.43. The predicted octanol–water partition coefficient (Wildman–Crippen LogP) is 4.30. The van der Waals surface area contributed by atoms with E-state index >= 15 is 0 Å². The van der Waals surface area contributed by atoms with Gasteiger partial charge in [0.2, 0.25) is 0 Å². The van der Waals surface area contributed by atoms with Crippen molar-refractivity contribution in [3.05, 3.63) is 65.2 Å². The number of nitrogens with one attached hydrogen (secondary N) is 1. The molecule has 2 nitrogen and oxygen atoms in total. The molecule has 1 N–H and O–H groups in total. The zero-order valence-corrected chi connectivity index (χ0v) is 11.7. The fourth-order valence-corrected chi connectivity index (χ4v) is 2.43. The number of para-hydroxylation sites is 1. The maximum absolute atomic E-state index is 12.0. The van der Waals surface area contributed by atoms with E-state index in [1.165, 1.54) is 5.56 Å². The summed E-state index contributed by atoms with van der Waals surface area (Å²) < 4.78 is 0. The summed E-state index contributed by atoms with van der Waals surface area (Å²) in [5, 5.41) is 2.89. The summed E-state index contributed by atoms with van der Waals surface area (Å²) in [6, 6.07) is 16.2. The molecule has 3 rings (SSSR count). The van der Waals surface area contributed by atoms with Gasteiger partial charge in [-0.1, -0.05) is 56.3 Å². The largest absolute Gasteiger partial charge is 0.321 e. The zero-order chi connectivity index (χ0) is 14.1. The van der Waals surface area contributed by atoms with Crippen LogP contribution in [0, 0.1) is 0 Å². The lowest BCUT2D eigenvalue weighted by molar-refractivity contribution is -0.110. The van der Waals surface area contributed by atoms with Gasteiger partial charge < -0.3 is 5.32 Å². The number of benzene rings is 2. The molecule has 2 heteroatoms. The summed E-state index contributed by atoms with van der Waals surface area (Å²) in [5.74, 6) is 0.492. The van der Waals surface area contributed by atoms with E-state index in [9.17, 15) is 4.79 Å². The van der Waals surface area contributed by atoms with Gasteiger partial charge in [0.1, 0.15) is 0 Å². The molecule has 20 heavy (non-hydrogen) atoms. The number of anilines is 1. The van der Waals surface area contributed by atoms with E-state index in [1.807, 2.05) is 30.3 Å². The molecule has 0 bridgehead atoms. The monoisotopic (exact) mass is 263 g/mol. The summed E-state index contributed by atoms with van der Waals surface area (Å²) in [6.45, 7) is 4.35. The van der Waals surface area contributed by atoms with Gasteiger partial charge in [-0.2, -0.15) is 0 Å². The molecule has 2 aromatic rings. The number of rotatable bonds is 2. The van der Waals surface area contributed by atoms with Crippen molar-refractivity contribution in [1.29, 1.82) is 0 Å². The van der Waals surface area contributed by atoms with Crippen LogP contribution in [0.5, 0.6) is 0 Å². The normalized spacial score (nSPS) is 15.6. The smallest absolute Gasteiger partial charge is 0.256 e. The van der Waals surface area contributed by atoms with Crippen LogP contribution >= 0.6 is 0 Å². The van der Waals surface area contributed by atoms with Crippen molar-refractivity contribution in [2.45, 2.75) is 19.8 Å². The number of carbonyl (C=O) groups is 1.